The molecular formula is C36H22N2OS. The largest absolute Gasteiger partial charge is 0.453 e. The van der Waals surface area contributed by atoms with Crippen LogP contribution in [0.2, 0.25) is 0 Å². The molecule has 3 nitrogen and oxygen atoms in total. The highest BCUT2D eigenvalue weighted by Gasteiger charge is 2.16. The van der Waals surface area contributed by atoms with E-state index >= 15 is 0 Å². The first kappa shape index (κ1) is 22.9. The standard InChI is InChI=1S/C36H22N2OS/c1-2-9-23(10-3-1)24-12-8-13-25(19-24)30-22-31(38-36(37-30)33-21-27-11-4-6-15-32(27)39-33)26-17-18-35-29(20-26)28-14-5-7-16-34(28)40-35/h1-22H. The molecule has 5 aromatic carbocycles. The molecule has 0 aliphatic carbocycles. The number of rotatable bonds is 4. The quantitative estimate of drug-likeness (QED) is 0.227. The van der Waals surface area contributed by atoms with Crippen molar-refractivity contribution in [1.29, 1.82) is 0 Å². The predicted octanol–water partition coefficient (Wildman–Crippen LogP) is 10.3. The summed E-state index contributed by atoms with van der Waals surface area (Å²) in [4.78, 5) is 10.1. The smallest absolute Gasteiger partial charge is 0.196 e. The van der Waals surface area contributed by atoms with Crippen LogP contribution in [0, 0.1) is 0 Å². The van der Waals surface area contributed by atoms with Gasteiger partial charge in [0.15, 0.2) is 11.6 Å². The lowest BCUT2D eigenvalue weighted by atomic mass is 10.0. The number of nitrogens with zero attached hydrogens (tertiary/aromatic N) is 2. The fourth-order valence-corrected chi connectivity index (χ4v) is 6.41. The average Bonchev–Trinajstić information content (AvgIpc) is 3.63. The Balaban J connectivity index is 1.33. The molecule has 3 aromatic heterocycles. The molecule has 0 bridgehead atoms. The summed E-state index contributed by atoms with van der Waals surface area (Å²) in [5.74, 6) is 1.23. The molecule has 4 heteroatoms. The Labute approximate surface area is 235 Å². The topological polar surface area (TPSA) is 38.9 Å². The van der Waals surface area contributed by atoms with Crippen molar-refractivity contribution >= 4 is 42.5 Å². The lowest BCUT2D eigenvalue weighted by Gasteiger charge is -2.10. The molecule has 3 heterocycles. The van der Waals surface area contributed by atoms with Gasteiger partial charge in [0.25, 0.3) is 0 Å². The third kappa shape index (κ3) is 3.98. The maximum absolute atomic E-state index is 6.22. The monoisotopic (exact) mass is 530 g/mol. The zero-order valence-electron chi connectivity index (χ0n) is 21.4. The maximum atomic E-state index is 6.22. The minimum Gasteiger partial charge on any atom is -0.453 e. The van der Waals surface area contributed by atoms with Gasteiger partial charge in [-0.15, -0.1) is 11.3 Å². The maximum Gasteiger partial charge on any atom is 0.196 e. The lowest BCUT2D eigenvalue weighted by Crippen LogP contribution is -1.95. The summed E-state index contributed by atoms with van der Waals surface area (Å²) in [6.07, 6.45) is 0. The Kier molecular flexibility index (Phi) is 5.32. The minimum atomic E-state index is 0.573. The molecule has 0 saturated heterocycles. The normalized spacial score (nSPS) is 11.5. The molecule has 8 aromatic rings. The van der Waals surface area contributed by atoms with E-state index in [9.17, 15) is 0 Å². The van der Waals surface area contributed by atoms with E-state index in [0.717, 1.165) is 39.0 Å². The van der Waals surface area contributed by atoms with Crippen LogP contribution in [0.3, 0.4) is 0 Å². The van der Waals surface area contributed by atoms with Crippen molar-refractivity contribution in [2.75, 3.05) is 0 Å². The van der Waals surface area contributed by atoms with Gasteiger partial charge in [0, 0.05) is 36.7 Å². The van der Waals surface area contributed by atoms with E-state index in [-0.39, 0.29) is 0 Å². The Hall–Kier alpha value is -5.06. The predicted molar refractivity (Wildman–Crippen MR) is 166 cm³/mol. The van der Waals surface area contributed by atoms with Gasteiger partial charge >= 0.3 is 0 Å². The van der Waals surface area contributed by atoms with Crippen molar-refractivity contribution in [2.24, 2.45) is 0 Å². The first-order valence-corrected chi connectivity index (χ1v) is 14.1. The van der Waals surface area contributed by atoms with Crippen molar-refractivity contribution in [3.8, 4) is 45.2 Å². The average molecular weight is 531 g/mol. The molecule has 0 atom stereocenters. The first-order valence-electron chi connectivity index (χ1n) is 13.2. The van der Waals surface area contributed by atoms with Crippen LogP contribution in [-0.2, 0) is 0 Å². The van der Waals surface area contributed by atoms with Gasteiger partial charge in [0.05, 0.1) is 11.4 Å². The van der Waals surface area contributed by atoms with Crippen molar-refractivity contribution in [3.05, 3.63) is 133 Å². The molecule has 0 spiro atoms. The van der Waals surface area contributed by atoms with Gasteiger partial charge in [0.1, 0.15) is 5.58 Å². The molecule has 8 rings (SSSR count). The molecule has 0 aliphatic rings. The zero-order chi connectivity index (χ0) is 26.5. The molecule has 0 fully saturated rings. The summed E-state index contributed by atoms with van der Waals surface area (Å²) in [6.45, 7) is 0. The number of furan rings is 1. The van der Waals surface area contributed by atoms with E-state index < -0.39 is 0 Å². The van der Waals surface area contributed by atoms with E-state index in [1.54, 1.807) is 0 Å². The number of hydrogen-bond donors (Lipinski definition) is 0. The molecule has 188 valence electrons. The number of fused-ring (bicyclic) bond motifs is 4. The second-order valence-electron chi connectivity index (χ2n) is 9.87. The summed E-state index contributed by atoms with van der Waals surface area (Å²) in [7, 11) is 0. The first-order chi connectivity index (χ1) is 19.8. The van der Waals surface area contributed by atoms with E-state index in [1.807, 2.05) is 47.7 Å². The van der Waals surface area contributed by atoms with E-state index in [1.165, 1.54) is 25.7 Å². The van der Waals surface area contributed by atoms with Gasteiger partial charge in [-0.25, -0.2) is 9.97 Å². The number of hydrogen-bond acceptors (Lipinski definition) is 4. The van der Waals surface area contributed by atoms with Crippen LogP contribution < -0.4 is 0 Å². The van der Waals surface area contributed by atoms with Gasteiger partial charge in [-0.2, -0.15) is 0 Å². The Morgan fingerprint density at radius 3 is 2.05 bits per heavy atom. The lowest BCUT2D eigenvalue weighted by molar-refractivity contribution is 0.625. The van der Waals surface area contributed by atoms with Crippen LogP contribution in [0.25, 0.3) is 76.4 Å². The fraction of sp³-hybridized carbons (Fsp3) is 0. The molecule has 40 heavy (non-hydrogen) atoms. The number of para-hydroxylation sites is 1. The zero-order valence-corrected chi connectivity index (χ0v) is 22.2. The number of benzene rings is 5. The highest BCUT2D eigenvalue weighted by molar-refractivity contribution is 7.25. The van der Waals surface area contributed by atoms with Crippen LogP contribution in [0.15, 0.2) is 138 Å². The van der Waals surface area contributed by atoms with Gasteiger partial charge in [-0.05, 0) is 53.6 Å². The van der Waals surface area contributed by atoms with Crippen LogP contribution in [0.1, 0.15) is 0 Å². The second-order valence-corrected chi connectivity index (χ2v) is 11.0. The van der Waals surface area contributed by atoms with Gasteiger partial charge in [-0.3, -0.25) is 0 Å². The second kappa shape index (κ2) is 9.30. The highest BCUT2D eigenvalue weighted by Crippen LogP contribution is 2.37. The van der Waals surface area contributed by atoms with E-state index in [2.05, 4.69) is 97.1 Å². The Bertz CT molecular complexity index is 2140. The minimum absolute atomic E-state index is 0.573. The van der Waals surface area contributed by atoms with E-state index in [4.69, 9.17) is 14.4 Å². The van der Waals surface area contributed by atoms with Crippen LogP contribution in [0.4, 0.5) is 0 Å². The Morgan fingerprint density at radius 2 is 1.18 bits per heavy atom. The highest BCUT2D eigenvalue weighted by atomic mass is 32.1. The van der Waals surface area contributed by atoms with E-state index in [0.29, 0.717) is 11.6 Å². The number of thiophene rings is 1. The fourth-order valence-electron chi connectivity index (χ4n) is 5.32. The molecule has 0 amide bonds. The van der Waals surface area contributed by atoms with Gasteiger partial charge in [0.2, 0.25) is 0 Å². The summed E-state index contributed by atoms with van der Waals surface area (Å²) < 4.78 is 8.78. The molecular weight excluding hydrogens is 508 g/mol. The summed E-state index contributed by atoms with van der Waals surface area (Å²) >= 11 is 1.82. The third-order valence-electron chi connectivity index (χ3n) is 7.31. The molecule has 0 radical (unpaired) electrons. The SMILES string of the molecule is c1ccc(-c2cccc(-c3cc(-c4ccc5sc6ccccc6c5c4)nc(-c4cc5ccccc5o4)n3)c2)cc1. The van der Waals surface area contributed by atoms with Crippen molar-refractivity contribution in [2.45, 2.75) is 0 Å². The van der Waals surface area contributed by atoms with Crippen LogP contribution in [0.5, 0.6) is 0 Å². The summed E-state index contributed by atoms with van der Waals surface area (Å²) in [5.41, 5.74) is 6.95. The van der Waals surface area contributed by atoms with Crippen LogP contribution >= 0.6 is 11.3 Å². The summed E-state index contributed by atoms with van der Waals surface area (Å²) in [5, 5.41) is 3.55. The van der Waals surface area contributed by atoms with Crippen molar-refractivity contribution < 1.29 is 4.42 Å². The van der Waals surface area contributed by atoms with Gasteiger partial charge < -0.3 is 4.42 Å². The summed E-state index contributed by atoms with van der Waals surface area (Å²) in [6, 6.07) is 46.3. The molecule has 0 N–H and O–H groups in total. The van der Waals surface area contributed by atoms with Crippen molar-refractivity contribution in [1.82, 2.24) is 9.97 Å². The molecule has 0 unspecified atom stereocenters. The van der Waals surface area contributed by atoms with Crippen LogP contribution in [-0.4, -0.2) is 9.97 Å². The molecule has 0 saturated carbocycles. The number of aromatic nitrogens is 2. The Morgan fingerprint density at radius 1 is 0.475 bits per heavy atom. The third-order valence-corrected chi connectivity index (χ3v) is 8.46. The van der Waals surface area contributed by atoms with Gasteiger partial charge in [-0.1, -0.05) is 91.0 Å². The van der Waals surface area contributed by atoms with Crippen molar-refractivity contribution in [3.63, 3.8) is 0 Å². The molecule has 0 aliphatic heterocycles.